The van der Waals surface area contributed by atoms with Crippen molar-refractivity contribution in [3.05, 3.63) is 23.8 Å². The summed E-state index contributed by atoms with van der Waals surface area (Å²) in [5, 5.41) is 15.8. The normalized spacial score (nSPS) is 22.2. The molecule has 1 aromatic carbocycles. The molecule has 5 N–H and O–H groups in total. The van der Waals surface area contributed by atoms with E-state index < -0.39 is 5.60 Å². The average Bonchev–Trinajstić information content (AvgIpc) is 2.83. The van der Waals surface area contributed by atoms with Gasteiger partial charge in [0.2, 0.25) is 0 Å². The van der Waals surface area contributed by atoms with Gasteiger partial charge in [0.1, 0.15) is 5.60 Å². The van der Waals surface area contributed by atoms with Crippen molar-refractivity contribution in [1.29, 1.82) is 0 Å². The van der Waals surface area contributed by atoms with E-state index in [0.29, 0.717) is 43.1 Å². The van der Waals surface area contributed by atoms with E-state index in [1.54, 1.807) is 25.2 Å². The van der Waals surface area contributed by atoms with Crippen LogP contribution in [0.2, 0.25) is 0 Å². The summed E-state index contributed by atoms with van der Waals surface area (Å²) in [6, 6.07) is 5.03. The molecule has 1 atom stereocenters. The predicted molar refractivity (Wildman–Crippen MR) is 73.1 cm³/mol. The molecule has 0 spiro atoms. The highest BCUT2D eigenvalue weighted by Crippen LogP contribution is 2.23. The van der Waals surface area contributed by atoms with Crippen molar-refractivity contribution in [2.45, 2.75) is 12.0 Å². The Morgan fingerprint density at radius 3 is 2.95 bits per heavy atom. The van der Waals surface area contributed by atoms with E-state index in [4.69, 9.17) is 10.5 Å². The summed E-state index contributed by atoms with van der Waals surface area (Å²) in [6.07, 6.45) is 0.607. The van der Waals surface area contributed by atoms with Crippen LogP contribution in [0.1, 0.15) is 16.8 Å². The highest BCUT2D eigenvalue weighted by molar-refractivity contribution is 5.95. The molecule has 6 heteroatoms. The maximum atomic E-state index is 11.5. The van der Waals surface area contributed by atoms with Crippen LogP contribution in [0.3, 0.4) is 0 Å². The fraction of sp³-hybridized carbons (Fsp3) is 0.462. The van der Waals surface area contributed by atoms with Gasteiger partial charge < -0.3 is 26.2 Å². The number of benzene rings is 1. The van der Waals surface area contributed by atoms with Gasteiger partial charge in [-0.05, 0) is 18.2 Å². The number of carbonyl (C=O) groups excluding carboxylic acids is 1. The van der Waals surface area contributed by atoms with Crippen molar-refractivity contribution in [3.63, 3.8) is 0 Å². The molecule has 1 amide bonds. The van der Waals surface area contributed by atoms with Crippen LogP contribution in [0.5, 0.6) is 0 Å². The third-order valence-corrected chi connectivity index (χ3v) is 3.23. The minimum Gasteiger partial charge on any atom is -0.397 e. The molecule has 0 aliphatic carbocycles. The Morgan fingerprint density at radius 2 is 2.37 bits per heavy atom. The van der Waals surface area contributed by atoms with Gasteiger partial charge in [0.25, 0.3) is 5.91 Å². The quantitative estimate of drug-likeness (QED) is 0.583. The standard InChI is InChI=1S/C13H19N3O3/c1-15-12(17)9-2-3-11(10(14)6-9)16-7-13(18)4-5-19-8-13/h2-3,6,16,18H,4-5,7-8,14H2,1H3,(H,15,17). The number of ether oxygens (including phenoxy) is 1. The topological polar surface area (TPSA) is 96.6 Å². The van der Waals surface area contributed by atoms with E-state index in [1.807, 2.05) is 0 Å². The van der Waals surface area contributed by atoms with Crippen LogP contribution in [0.25, 0.3) is 0 Å². The molecule has 0 bridgehead atoms. The van der Waals surface area contributed by atoms with Crippen LogP contribution in [0, 0.1) is 0 Å². The molecule has 0 radical (unpaired) electrons. The Bertz CT molecular complexity index is 470. The number of anilines is 2. The van der Waals surface area contributed by atoms with E-state index in [2.05, 4.69) is 10.6 Å². The molecule has 104 valence electrons. The third kappa shape index (κ3) is 3.15. The number of carbonyl (C=O) groups is 1. The van der Waals surface area contributed by atoms with Crippen LogP contribution >= 0.6 is 0 Å². The Balaban J connectivity index is 2.03. The summed E-state index contributed by atoms with van der Waals surface area (Å²) in [7, 11) is 1.57. The first-order chi connectivity index (χ1) is 9.04. The summed E-state index contributed by atoms with van der Waals surface area (Å²) in [4.78, 5) is 11.5. The number of aliphatic hydroxyl groups is 1. The third-order valence-electron chi connectivity index (χ3n) is 3.23. The minimum atomic E-state index is -0.841. The fourth-order valence-corrected chi connectivity index (χ4v) is 2.00. The smallest absolute Gasteiger partial charge is 0.251 e. The zero-order chi connectivity index (χ0) is 13.9. The monoisotopic (exact) mass is 265 g/mol. The van der Waals surface area contributed by atoms with Crippen molar-refractivity contribution in [1.82, 2.24) is 5.32 Å². The van der Waals surface area contributed by atoms with Gasteiger partial charge in [0.15, 0.2) is 0 Å². The number of nitrogen functional groups attached to an aromatic ring is 1. The largest absolute Gasteiger partial charge is 0.397 e. The number of hydrogen-bond donors (Lipinski definition) is 4. The summed E-state index contributed by atoms with van der Waals surface area (Å²) in [5.74, 6) is -0.180. The number of nitrogens with two attached hydrogens (primary N) is 1. The molecular weight excluding hydrogens is 246 g/mol. The van der Waals surface area contributed by atoms with Gasteiger partial charge in [0.05, 0.1) is 18.0 Å². The Hall–Kier alpha value is -1.79. The second-order valence-corrected chi connectivity index (χ2v) is 4.76. The summed E-state index contributed by atoms with van der Waals surface area (Å²) >= 11 is 0. The molecule has 0 aromatic heterocycles. The van der Waals surface area contributed by atoms with Crippen molar-refractivity contribution >= 4 is 17.3 Å². The minimum absolute atomic E-state index is 0.180. The van der Waals surface area contributed by atoms with Gasteiger partial charge in [-0.25, -0.2) is 0 Å². The molecule has 0 saturated carbocycles. The summed E-state index contributed by atoms with van der Waals surface area (Å²) in [5.41, 5.74) is 6.73. The fourth-order valence-electron chi connectivity index (χ4n) is 2.00. The lowest BCUT2D eigenvalue weighted by Gasteiger charge is -2.22. The van der Waals surface area contributed by atoms with Crippen molar-refractivity contribution in [2.75, 3.05) is 37.9 Å². The average molecular weight is 265 g/mol. The number of hydrogen-bond acceptors (Lipinski definition) is 5. The lowest BCUT2D eigenvalue weighted by Crippen LogP contribution is -2.37. The lowest BCUT2D eigenvalue weighted by atomic mass is 10.0. The van der Waals surface area contributed by atoms with Gasteiger partial charge in [-0.2, -0.15) is 0 Å². The highest BCUT2D eigenvalue weighted by Gasteiger charge is 2.31. The molecule has 2 rings (SSSR count). The molecule has 1 fully saturated rings. The molecule has 1 aliphatic rings. The zero-order valence-corrected chi connectivity index (χ0v) is 10.9. The lowest BCUT2D eigenvalue weighted by molar-refractivity contribution is 0.0382. The molecule has 6 nitrogen and oxygen atoms in total. The molecule has 1 saturated heterocycles. The van der Waals surface area contributed by atoms with Crippen LogP contribution in [0.15, 0.2) is 18.2 Å². The van der Waals surface area contributed by atoms with E-state index in [-0.39, 0.29) is 5.91 Å². The second kappa shape index (κ2) is 5.46. The second-order valence-electron chi connectivity index (χ2n) is 4.76. The molecular formula is C13H19N3O3. The first-order valence-electron chi connectivity index (χ1n) is 6.20. The maximum Gasteiger partial charge on any atom is 0.251 e. The number of rotatable bonds is 4. The van der Waals surface area contributed by atoms with Crippen molar-refractivity contribution in [3.8, 4) is 0 Å². The molecule has 1 heterocycles. The van der Waals surface area contributed by atoms with Gasteiger partial charge in [-0.1, -0.05) is 0 Å². The Morgan fingerprint density at radius 1 is 1.58 bits per heavy atom. The highest BCUT2D eigenvalue weighted by atomic mass is 16.5. The van der Waals surface area contributed by atoms with E-state index in [1.165, 1.54) is 0 Å². The van der Waals surface area contributed by atoms with E-state index >= 15 is 0 Å². The number of nitrogens with one attached hydrogen (secondary N) is 2. The molecule has 1 unspecified atom stereocenters. The summed E-state index contributed by atoms with van der Waals surface area (Å²) < 4.78 is 5.17. The zero-order valence-electron chi connectivity index (χ0n) is 10.9. The molecule has 1 aromatic rings. The molecule has 1 aliphatic heterocycles. The van der Waals surface area contributed by atoms with E-state index in [0.717, 1.165) is 0 Å². The van der Waals surface area contributed by atoms with E-state index in [9.17, 15) is 9.90 Å². The van der Waals surface area contributed by atoms with Gasteiger partial charge in [0, 0.05) is 32.2 Å². The Labute approximate surface area is 111 Å². The SMILES string of the molecule is CNC(=O)c1ccc(NCC2(O)CCOC2)c(N)c1. The van der Waals surface area contributed by atoms with Crippen LogP contribution < -0.4 is 16.4 Å². The molecule has 19 heavy (non-hydrogen) atoms. The number of amides is 1. The summed E-state index contributed by atoms with van der Waals surface area (Å²) in [6.45, 7) is 1.27. The Kier molecular flexibility index (Phi) is 3.92. The van der Waals surface area contributed by atoms with Crippen LogP contribution in [0.4, 0.5) is 11.4 Å². The van der Waals surface area contributed by atoms with Crippen molar-refractivity contribution < 1.29 is 14.6 Å². The van der Waals surface area contributed by atoms with Crippen molar-refractivity contribution in [2.24, 2.45) is 0 Å². The predicted octanol–water partition coefficient (Wildman–Crippen LogP) is 0.192. The maximum absolute atomic E-state index is 11.5. The van der Waals surface area contributed by atoms with Gasteiger partial charge in [-0.3, -0.25) is 4.79 Å². The first-order valence-corrected chi connectivity index (χ1v) is 6.20. The van der Waals surface area contributed by atoms with Crippen LogP contribution in [-0.4, -0.2) is 43.4 Å². The van der Waals surface area contributed by atoms with Gasteiger partial charge in [-0.15, -0.1) is 0 Å². The first kappa shape index (κ1) is 13.6. The van der Waals surface area contributed by atoms with Crippen LogP contribution in [-0.2, 0) is 4.74 Å². The van der Waals surface area contributed by atoms with Gasteiger partial charge >= 0.3 is 0 Å².